The molecule has 1 fully saturated rings. The number of benzene rings is 1. The summed E-state index contributed by atoms with van der Waals surface area (Å²) in [6.07, 6.45) is 4.78. The predicted octanol–water partition coefficient (Wildman–Crippen LogP) is 3.61. The van der Waals surface area contributed by atoms with E-state index in [1.54, 1.807) is 0 Å². The Balaban J connectivity index is 1.60. The summed E-state index contributed by atoms with van der Waals surface area (Å²) in [6.45, 7) is 8.28. The van der Waals surface area contributed by atoms with Crippen molar-refractivity contribution >= 4 is 0 Å². The molecule has 2 aromatic rings. The highest BCUT2D eigenvalue weighted by Crippen LogP contribution is 2.29. The van der Waals surface area contributed by atoms with Crippen LogP contribution in [0.15, 0.2) is 30.3 Å². The Labute approximate surface area is 150 Å². The second-order valence-corrected chi connectivity index (χ2v) is 7.80. The molecule has 0 saturated carbocycles. The molecule has 1 aliphatic heterocycles. The van der Waals surface area contributed by atoms with Crippen molar-refractivity contribution in [2.45, 2.75) is 52.1 Å². The molecule has 1 aromatic heterocycles. The predicted molar refractivity (Wildman–Crippen MR) is 100 cm³/mol. The lowest BCUT2D eigenvalue weighted by Crippen LogP contribution is -2.45. The van der Waals surface area contributed by atoms with E-state index in [0.29, 0.717) is 12.0 Å². The number of rotatable bonds is 5. The van der Waals surface area contributed by atoms with Gasteiger partial charge in [0.15, 0.2) is 0 Å². The Kier molecular flexibility index (Phi) is 4.91. The van der Waals surface area contributed by atoms with Gasteiger partial charge in [-0.3, -0.25) is 4.90 Å². The van der Waals surface area contributed by atoms with E-state index in [2.05, 4.69) is 53.8 Å². The van der Waals surface area contributed by atoms with Crippen LogP contribution in [0.1, 0.15) is 43.6 Å². The Hall–Kier alpha value is -1.65. The Bertz CT molecular complexity index is 707. The number of fused-ring (bicyclic) bond motifs is 1. The lowest BCUT2D eigenvalue weighted by atomic mass is 10.0. The molecule has 1 aromatic carbocycles. The van der Waals surface area contributed by atoms with Crippen LogP contribution in [0, 0.1) is 5.92 Å². The number of nitrogens with zero attached hydrogens (tertiary/aromatic N) is 3. The van der Waals surface area contributed by atoms with Gasteiger partial charge in [0.05, 0.1) is 24.6 Å². The van der Waals surface area contributed by atoms with Crippen LogP contribution in [0.3, 0.4) is 0 Å². The zero-order chi connectivity index (χ0) is 17.2. The van der Waals surface area contributed by atoms with Gasteiger partial charge < -0.3 is 4.74 Å². The van der Waals surface area contributed by atoms with Crippen LogP contribution < -0.4 is 0 Å². The average molecular weight is 339 g/mol. The lowest BCUT2D eigenvalue weighted by Gasteiger charge is -2.36. The van der Waals surface area contributed by atoms with Gasteiger partial charge in [-0.1, -0.05) is 32.0 Å². The molecule has 134 valence electrons. The van der Waals surface area contributed by atoms with Crippen LogP contribution >= 0.6 is 0 Å². The highest BCUT2D eigenvalue weighted by Gasteiger charge is 2.28. The van der Waals surface area contributed by atoms with Crippen molar-refractivity contribution in [1.82, 2.24) is 14.7 Å². The molecule has 4 heteroatoms. The third-order valence-electron chi connectivity index (χ3n) is 5.46. The Morgan fingerprint density at radius 2 is 2.04 bits per heavy atom. The van der Waals surface area contributed by atoms with Crippen molar-refractivity contribution in [2.75, 3.05) is 19.8 Å². The van der Waals surface area contributed by atoms with Gasteiger partial charge >= 0.3 is 0 Å². The maximum absolute atomic E-state index is 5.75. The van der Waals surface area contributed by atoms with Crippen LogP contribution in [0.4, 0.5) is 0 Å². The zero-order valence-electron chi connectivity index (χ0n) is 15.4. The molecule has 25 heavy (non-hydrogen) atoms. The highest BCUT2D eigenvalue weighted by atomic mass is 16.5. The summed E-state index contributed by atoms with van der Waals surface area (Å²) in [6, 6.07) is 11.1. The van der Waals surface area contributed by atoms with Crippen LogP contribution in [0.2, 0.25) is 0 Å². The molecule has 4 rings (SSSR count). The SMILES string of the molecule is CC(C)C[C@H]1COCCN1Cc1nn(-c2ccccc2)c2c1CCC2. The van der Waals surface area contributed by atoms with Gasteiger partial charge in [-0.05, 0) is 49.3 Å². The molecule has 0 radical (unpaired) electrons. The van der Waals surface area contributed by atoms with Gasteiger partial charge in [-0.25, -0.2) is 4.68 Å². The van der Waals surface area contributed by atoms with E-state index in [9.17, 15) is 0 Å². The number of morpholine rings is 1. The van der Waals surface area contributed by atoms with Gasteiger partial charge in [-0.15, -0.1) is 0 Å². The first-order valence-corrected chi connectivity index (χ1v) is 9.69. The summed E-state index contributed by atoms with van der Waals surface area (Å²) in [4.78, 5) is 2.60. The van der Waals surface area contributed by atoms with Crippen LogP contribution in [0.25, 0.3) is 5.69 Å². The monoisotopic (exact) mass is 339 g/mol. The van der Waals surface area contributed by atoms with Gasteiger partial charge in [0.1, 0.15) is 0 Å². The molecular formula is C21H29N3O. The minimum Gasteiger partial charge on any atom is -0.378 e. The number of para-hydroxylation sites is 1. The number of hydrogen-bond acceptors (Lipinski definition) is 3. The molecule has 1 atom stereocenters. The molecule has 0 bridgehead atoms. The molecule has 2 heterocycles. The average Bonchev–Trinajstić information content (AvgIpc) is 3.21. The Morgan fingerprint density at radius 3 is 2.84 bits per heavy atom. The maximum atomic E-state index is 5.75. The molecule has 1 aliphatic carbocycles. The molecule has 0 N–H and O–H groups in total. The quantitative estimate of drug-likeness (QED) is 0.834. The van der Waals surface area contributed by atoms with Crippen LogP contribution in [-0.4, -0.2) is 40.5 Å². The largest absolute Gasteiger partial charge is 0.378 e. The van der Waals surface area contributed by atoms with Crippen molar-refractivity contribution < 1.29 is 4.74 Å². The standard InChI is InChI=1S/C21H29N3O/c1-16(2)13-18-15-25-12-11-23(18)14-20-19-9-6-10-21(19)24(22-20)17-7-4-3-5-8-17/h3-5,7-8,16,18H,6,9-15H2,1-2H3/t18-/m0/s1. The van der Waals surface area contributed by atoms with Crippen molar-refractivity contribution in [2.24, 2.45) is 5.92 Å². The van der Waals surface area contributed by atoms with Crippen molar-refractivity contribution in [1.29, 1.82) is 0 Å². The number of hydrogen-bond donors (Lipinski definition) is 0. The zero-order valence-corrected chi connectivity index (χ0v) is 15.4. The minimum absolute atomic E-state index is 0.521. The fraction of sp³-hybridized carbons (Fsp3) is 0.571. The van der Waals surface area contributed by atoms with E-state index < -0.39 is 0 Å². The lowest BCUT2D eigenvalue weighted by molar-refractivity contribution is -0.0193. The van der Waals surface area contributed by atoms with Crippen molar-refractivity contribution in [3.63, 3.8) is 0 Å². The summed E-state index contributed by atoms with van der Waals surface area (Å²) in [5, 5.41) is 5.04. The second kappa shape index (κ2) is 7.30. The second-order valence-electron chi connectivity index (χ2n) is 7.80. The molecule has 0 unspecified atom stereocenters. The first kappa shape index (κ1) is 16.8. The summed E-state index contributed by atoms with van der Waals surface area (Å²) in [5.74, 6) is 0.696. The molecule has 1 saturated heterocycles. The molecule has 4 nitrogen and oxygen atoms in total. The van der Waals surface area contributed by atoms with E-state index >= 15 is 0 Å². The topological polar surface area (TPSA) is 30.3 Å². The van der Waals surface area contributed by atoms with Crippen molar-refractivity contribution in [3.8, 4) is 5.69 Å². The van der Waals surface area contributed by atoms with E-state index in [1.165, 1.54) is 41.9 Å². The van der Waals surface area contributed by atoms with E-state index in [-0.39, 0.29) is 0 Å². The minimum atomic E-state index is 0.521. The molecule has 2 aliphatic rings. The van der Waals surface area contributed by atoms with E-state index in [0.717, 1.165) is 32.7 Å². The first-order chi connectivity index (χ1) is 12.2. The van der Waals surface area contributed by atoms with Gasteiger partial charge in [-0.2, -0.15) is 5.10 Å². The fourth-order valence-corrected chi connectivity index (χ4v) is 4.27. The number of aromatic nitrogens is 2. The van der Waals surface area contributed by atoms with Crippen LogP contribution in [0.5, 0.6) is 0 Å². The third kappa shape index (κ3) is 3.51. The van der Waals surface area contributed by atoms with Crippen LogP contribution in [-0.2, 0) is 24.1 Å². The summed E-state index contributed by atoms with van der Waals surface area (Å²) >= 11 is 0. The first-order valence-electron chi connectivity index (χ1n) is 9.69. The van der Waals surface area contributed by atoms with Gasteiger partial charge in [0.2, 0.25) is 0 Å². The van der Waals surface area contributed by atoms with Gasteiger partial charge in [0.25, 0.3) is 0 Å². The van der Waals surface area contributed by atoms with Crippen molar-refractivity contribution in [3.05, 3.63) is 47.3 Å². The third-order valence-corrected chi connectivity index (χ3v) is 5.46. The molecule has 0 spiro atoms. The maximum Gasteiger partial charge on any atom is 0.0804 e. The summed E-state index contributed by atoms with van der Waals surface area (Å²) in [7, 11) is 0. The molecular weight excluding hydrogens is 310 g/mol. The highest BCUT2D eigenvalue weighted by molar-refractivity contribution is 5.39. The summed E-state index contributed by atoms with van der Waals surface area (Å²) < 4.78 is 7.94. The molecule has 0 amide bonds. The summed E-state index contributed by atoms with van der Waals surface area (Å²) in [5.41, 5.74) is 5.40. The Morgan fingerprint density at radius 1 is 1.20 bits per heavy atom. The van der Waals surface area contributed by atoms with E-state index in [4.69, 9.17) is 9.84 Å². The fourth-order valence-electron chi connectivity index (χ4n) is 4.27. The van der Waals surface area contributed by atoms with E-state index in [1.807, 2.05) is 0 Å². The number of ether oxygens (including phenoxy) is 1. The normalized spacial score (nSPS) is 21.0. The van der Waals surface area contributed by atoms with Gasteiger partial charge in [0, 0.05) is 24.8 Å². The smallest absolute Gasteiger partial charge is 0.0804 e.